The summed E-state index contributed by atoms with van der Waals surface area (Å²) in [5.74, 6) is 0.00120. The molecular weight excluding hydrogens is 568 g/mol. The number of phosphoric ester groups is 1. The molecule has 0 aliphatic carbocycles. The van der Waals surface area contributed by atoms with Crippen molar-refractivity contribution in [2.24, 2.45) is 0 Å². The van der Waals surface area contributed by atoms with Gasteiger partial charge in [-0.1, -0.05) is 0 Å². The molecule has 2 aliphatic rings. The van der Waals surface area contributed by atoms with Crippen molar-refractivity contribution < 1.29 is 47.1 Å². The molecule has 2 aromatic heterocycles. The number of rotatable bonds is 10. The van der Waals surface area contributed by atoms with E-state index >= 15 is 0 Å². The molecule has 2 unspecified atom stereocenters. The first-order valence-electron chi connectivity index (χ1n) is 11.4. The van der Waals surface area contributed by atoms with Gasteiger partial charge < -0.3 is 25.2 Å². The average Bonchev–Trinajstić information content (AvgIpc) is 3.41. The number of aromatic amines is 1. The number of aliphatic hydroxyl groups excluding tert-OH is 1. The van der Waals surface area contributed by atoms with Gasteiger partial charge in [-0.2, -0.15) is 4.98 Å². The second-order valence-corrected chi connectivity index (χ2v) is 10.9. The summed E-state index contributed by atoms with van der Waals surface area (Å²) in [6.07, 6.45) is -4.44. The van der Waals surface area contributed by atoms with Gasteiger partial charge in [-0.15, -0.1) is 9.42 Å². The van der Waals surface area contributed by atoms with Crippen LogP contribution in [0.15, 0.2) is 32.8 Å². The molecule has 2 aliphatic heterocycles. The number of aryl methyl sites for hydroxylation is 1. The SMILES string of the molecule is Cc1cn([C@H]2C[C@H](OP(=O)(O)OC[C@H]3O[C@@H](n4ccc(N)nc4=O)C[C@@H]3O)[C@@H](CO[P+](=O)O)O2)c(=O)[nH]c1=O. The van der Waals surface area contributed by atoms with Crippen LogP contribution in [0, 0.1) is 6.92 Å². The van der Waals surface area contributed by atoms with Gasteiger partial charge in [0, 0.05) is 35.4 Å². The van der Waals surface area contributed by atoms with E-state index in [1.807, 2.05) is 0 Å². The Morgan fingerprint density at radius 3 is 2.59 bits per heavy atom. The van der Waals surface area contributed by atoms with Crippen LogP contribution in [0.4, 0.5) is 5.82 Å². The summed E-state index contributed by atoms with van der Waals surface area (Å²) in [5, 5.41) is 10.3. The molecule has 2 aromatic rings. The molecule has 0 amide bonds. The number of H-pyrrole nitrogens is 1. The molecule has 18 nitrogen and oxygen atoms in total. The highest BCUT2D eigenvalue weighted by Crippen LogP contribution is 2.49. The number of anilines is 1. The molecular formula is C19H26N5O13P2+. The van der Waals surface area contributed by atoms with Crippen molar-refractivity contribution in [3.05, 3.63) is 55.3 Å². The number of ether oxygens (including phenoxy) is 2. The van der Waals surface area contributed by atoms with E-state index in [0.29, 0.717) is 0 Å². The Kier molecular flexibility index (Phi) is 8.92. The first kappa shape index (κ1) is 29.4. The summed E-state index contributed by atoms with van der Waals surface area (Å²) < 4.78 is 52.1. The lowest BCUT2D eigenvalue weighted by molar-refractivity contribution is -0.0556. The molecule has 8 atom stereocenters. The highest BCUT2D eigenvalue weighted by Gasteiger charge is 2.44. The van der Waals surface area contributed by atoms with Crippen molar-refractivity contribution in [2.45, 2.75) is 56.6 Å². The van der Waals surface area contributed by atoms with Crippen LogP contribution in [-0.2, 0) is 32.2 Å². The Bertz CT molecular complexity index is 1440. The Morgan fingerprint density at radius 1 is 1.21 bits per heavy atom. The largest absolute Gasteiger partial charge is 0.694 e. The zero-order chi connectivity index (χ0) is 28.5. The zero-order valence-electron chi connectivity index (χ0n) is 20.3. The quantitative estimate of drug-likeness (QED) is 0.202. The van der Waals surface area contributed by atoms with Gasteiger partial charge in [0.1, 0.15) is 43.2 Å². The molecule has 20 heteroatoms. The third-order valence-electron chi connectivity index (χ3n) is 6.02. The topological polar surface area (TPSA) is 257 Å². The van der Waals surface area contributed by atoms with Crippen LogP contribution >= 0.6 is 16.1 Å². The number of aromatic nitrogens is 4. The number of nitrogens with one attached hydrogen (secondary N) is 1. The van der Waals surface area contributed by atoms with Gasteiger partial charge >= 0.3 is 27.5 Å². The minimum atomic E-state index is -4.87. The van der Waals surface area contributed by atoms with Crippen molar-refractivity contribution in [1.82, 2.24) is 19.1 Å². The summed E-state index contributed by atoms with van der Waals surface area (Å²) in [6.45, 7) is 0.303. The summed E-state index contributed by atoms with van der Waals surface area (Å²) in [6, 6.07) is 1.36. The molecule has 214 valence electrons. The Balaban J connectivity index is 1.42. The maximum absolute atomic E-state index is 12.7. The normalized spacial score (nSPS) is 28.9. The average molecular weight is 594 g/mol. The molecule has 39 heavy (non-hydrogen) atoms. The lowest BCUT2D eigenvalue weighted by atomic mass is 10.2. The van der Waals surface area contributed by atoms with Crippen molar-refractivity contribution in [1.29, 1.82) is 0 Å². The van der Waals surface area contributed by atoms with Gasteiger partial charge in [-0.05, 0) is 13.0 Å². The van der Waals surface area contributed by atoms with Crippen LogP contribution in [0.5, 0.6) is 0 Å². The summed E-state index contributed by atoms with van der Waals surface area (Å²) in [7, 11) is -7.91. The molecule has 0 saturated carbocycles. The van der Waals surface area contributed by atoms with E-state index in [1.54, 1.807) is 0 Å². The smallest absolute Gasteiger partial charge is 0.390 e. The van der Waals surface area contributed by atoms with Crippen LogP contribution in [0.3, 0.4) is 0 Å². The van der Waals surface area contributed by atoms with Gasteiger partial charge in [0.15, 0.2) is 0 Å². The van der Waals surface area contributed by atoms with Crippen molar-refractivity contribution in [2.75, 3.05) is 18.9 Å². The lowest BCUT2D eigenvalue weighted by Crippen LogP contribution is -2.33. The Labute approximate surface area is 219 Å². The Hall–Kier alpha value is -2.63. The maximum Gasteiger partial charge on any atom is 0.694 e. The first-order chi connectivity index (χ1) is 18.3. The number of nitrogens with two attached hydrogens (primary N) is 1. The molecule has 2 saturated heterocycles. The van der Waals surface area contributed by atoms with E-state index in [0.717, 1.165) is 9.13 Å². The van der Waals surface area contributed by atoms with E-state index in [-0.39, 0.29) is 24.2 Å². The van der Waals surface area contributed by atoms with E-state index < -0.39 is 83.1 Å². The second kappa shape index (κ2) is 11.9. The van der Waals surface area contributed by atoms with E-state index in [9.17, 15) is 33.5 Å². The predicted molar refractivity (Wildman–Crippen MR) is 128 cm³/mol. The van der Waals surface area contributed by atoms with Gasteiger partial charge in [0.25, 0.3) is 5.56 Å². The summed E-state index contributed by atoms with van der Waals surface area (Å²) >= 11 is 0. The predicted octanol–water partition coefficient (Wildman–Crippen LogP) is -1.21. The lowest BCUT2D eigenvalue weighted by Gasteiger charge is -2.21. The van der Waals surface area contributed by atoms with Gasteiger partial charge in [-0.25, -0.2) is 14.2 Å². The minimum absolute atomic E-state index is 0.00120. The maximum atomic E-state index is 12.7. The standard InChI is InChI=1S/C19H25N5O13P2/c1-9-6-24(19(28)22-17(9)26)16-5-11(13(36-16)7-33-38(29)30)37-39(31,32)34-8-12-10(25)4-15(35-12)23-3-2-14(20)21-18(23)27/h2-3,6,10-13,15-16,25H,4-5,7-8H2,1H3,(H4-,20,21,22,26,27,28,29,30,31,32)/p+1/t10-,11-,12+,13+,15+,16+/m0/s1. The number of hydrogen-bond acceptors (Lipinski definition) is 13. The third-order valence-corrected chi connectivity index (χ3v) is 7.40. The summed E-state index contributed by atoms with van der Waals surface area (Å²) in [5.41, 5.74) is 3.52. The highest BCUT2D eigenvalue weighted by molar-refractivity contribution is 7.47. The monoisotopic (exact) mass is 594 g/mol. The number of nitrogen functional groups attached to an aromatic ring is 1. The third kappa shape index (κ3) is 7.12. The van der Waals surface area contributed by atoms with E-state index in [1.165, 1.54) is 25.4 Å². The molecule has 0 bridgehead atoms. The fraction of sp³-hybridized carbons (Fsp3) is 0.579. The molecule has 0 radical (unpaired) electrons. The van der Waals surface area contributed by atoms with Crippen molar-refractivity contribution in [3.8, 4) is 0 Å². The highest BCUT2D eigenvalue weighted by atomic mass is 31.2. The van der Waals surface area contributed by atoms with E-state index in [2.05, 4.69) is 14.5 Å². The van der Waals surface area contributed by atoms with Crippen LogP contribution < -0.4 is 22.7 Å². The minimum Gasteiger partial charge on any atom is -0.390 e. The Morgan fingerprint density at radius 2 is 1.90 bits per heavy atom. The second-order valence-electron chi connectivity index (χ2n) is 8.76. The van der Waals surface area contributed by atoms with Gasteiger partial charge in [-0.3, -0.25) is 28.0 Å². The number of nitrogens with zero attached hydrogens (tertiary/aromatic N) is 3. The molecule has 4 rings (SSSR count). The molecule has 0 aromatic carbocycles. The first-order valence-corrected chi connectivity index (χ1v) is 14.1. The molecule has 4 heterocycles. The fourth-order valence-electron chi connectivity index (χ4n) is 4.12. The van der Waals surface area contributed by atoms with Crippen molar-refractivity contribution >= 4 is 21.9 Å². The van der Waals surface area contributed by atoms with Crippen LogP contribution in [0.2, 0.25) is 0 Å². The number of hydrogen-bond donors (Lipinski definition) is 5. The van der Waals surface area contributed by atoms with E-state index in [4.69, 9.17) is 29.1 Å². The number of aliphatic hydroxyl groups is 1. The van der Waals surface area contributed by atoms with Crippen LogP contribution in [-0.4, -0.2) is 71.6 Å². The molecule has 2 fully saturated rings. The summed E-state index contributed by atoms with van der Waals surface area (Å²) in [4.78, 5) is 61.0. The van der Waals surface area contributed by atoms with Crippen molar-refractivity contribution in [3.63, 3.8) is 0 Å². The fourth-order valence-corrected chi connectivity index (χ4v) is 5.35. The van der Waals surface area contributed by atoms with Crippen LogP contribution in [0.1, 0.15) is 30.9 Å². The number of phosphoric acid groups is 1. The zero-order valence-corrected chi connectivity index (χ0v) is 22.1. The van der Waals surface area contributed by atoms with Crippen LogP contribution in [0.25, 0.3) is 0 Å². The molecule has 6 N–H and O–H groups in total. The van der Waals surface area contributed by atoms with Gasteiger partial charge in [0.05, 0.1) is 12.7 Å². The molecule has 0 spiro atoms. The van der Waals surface area contributed by atoms with Gasteiger partial charge in [0.2, 0.25) is 0 Å².